The molecule has 1 N–H and O–H groups in total. The number of hydrogen-bond donors (Lipinski definition) is 1. The molecule has 1 atom stereocenters. The zero-order valence-electron chi connectivity index (χ0n) is 14.8. The fraction of sp³-hybridized carbons (Fsp3) is 0.190. The van der Waals surface area contributed by atoms with Gasteiger partial charge >= 0.3 is 0 Å². The summed E-state index contributed by atoms with van der Waals surface area (Å²) >= 11 is 0. The lowest BCUT2D eigenvalue weighted by atomic mass is 9.98. The van der Waals surface area contributed by atoms with Crippen molar-refractivity contribution < 1.29 is 18.7 Å². The van der Waals surface area contributed by atoms with Crippen molar-refractivity contribution in [2.45, 2.75) is 13.0 Å². The van der Waals surface area contributed by atoms with E-state index in [2.05, 4.69) is 5.32 Å². The quantitative estimate of drug-likeness (QED) is 0.693. The third-order valence-electron chi connectivity index (χ3n) is 3.99. The summed E-state index contributed by atoms with van der Waals surface area (Å²) < 4.78 is 15.9. The molecule has 134 valence electrons. The second-order valence-corrected chi connectivity index (χ2v) is 5.66. The van der Waals surface area contributed by atoms with Gasteiger partial charge in [0.25, 0.3) is 5.91 Å². The third kappa shape index (κ3) is 4.06. The highest BCUT2D eigenvalue weighted by Crippen LogP contribution is 2.26. The van der Waals surface area contributed by atoms with E-state index in [0.717, 1.165) is 22.6 Å². The van der Waals surface area contributed by atoms with Gasteiger partial charge in [0.05, 0.1) is 26.0 Å². The molecule has 0 unspecified atom stereocenters. The average Bonchev–Trinajstić information content (AvgIpc) is 3.22. The van der Waals surface area contributed by atoms with Crippen LogP contribution in [-0.2, 0) is 0 Å². The van der Waals surface area contributed by atoms with E-state index in [1.165, 1.54) is 6.26 Å². The number of amides is 1. The summed E-state index contributed by atoms with van der Waals surface area (Å²) in [5, 5.41) is 3.03. The number of methoxy groups -OCH3 is 1. The first-order valence-corrected chi connectivity index (χ1v) is 8.42. The molecule has 0 saturated heterocycles. The largest absolute Gasteiger partial charge is 0.497 e. The van der Waals surface area contributed by atoms with Gasteiger partial charge in [0, 0.05) is 0 Å². The Morgan fingerprint density at radius 2 is 1.62 bits per heavy atom. The van der Waals surface area contributed by atoms with E-state index in [1.807, 2.05) is 55.5 Å². The van der Waals surface area contributed by atoms with Crippen molar-refractivity contribution in [2.75, 3.05) is 13.7 Å². The summed E-state index contributed by atoms with van der Waals surface area (Å²) in [6, 6.07) is 18.3. The second-order valence-electron chi connectivity index (χ2n) is 5.66. The first kappa shape index (κ1) is 17.6. The summed E-state index contributed by atoms with van der Waals surface area (Å²) in [6.07, 6.45) is 1.48. The van der Waals surface area contributed by atoms with E-state index in [0.29, 0.717) is 6.61 Å². The molecule has 0 radical (unpaired) electrons. The average molecular weight is 351 g/mol. The molecule has 1 aromatic heterocycles. The Bertz CT molecular complexity index is 823. The molecule has 0 aliphatic carbocycles. The van der Waals surface area contributed by atoms with Crippen LogP contribution < -0.4 is 14.8 Å². The van der Waals surface area contributed by atoms with Gasteiger partial charge in [-0.05, 0) is 54.4 Å². The molecule has 0 saturated carbocycles. The minimum Gasteiger partial charge on any atom is -0.497 e. The van der Waals surface area contributed by atoms with Crippen molar-refractivity contribution in [1.29, 1.82) is 0 Å². The van der Waals surface area contributed by atoms with E-state index in [9.17, 15) is 4.79 Å². The summed E-state index contributed by atoms with van der Waals surface area (Å²) in [5.41, 5.74) is 1.88. The van der Waals surface area contributed by atoms with Crippen LogP contribution in [0.2, 0.25) is 0 Å². The number of carbonyl (C=O) groups is 1. The summed E-state index contributed by atoms with van der Waals surface area (Å²) in [4.78, 5) is 12.5. The lowest BCUT2D eigenvalue weighted by Crippen LogP contribution is -2.29. The van der Waals surface area contributed by atoms with Gasteiger partial charge in [-0.1, -0.05) is 24.3 Å². The molecule has 0 fully saturated rings. The molecule has 5 heteroatoms. The lowest BCUT2D eigenvalue weighted by Gasteiger charge is -2.20. The van der Waals surface area contributed by atoms with E-state index >= 15 is 0 Å². The Labute approximate surface area is 152 Å². The van der Waals surface area contributed by atoms with Gasteiger partial charge in [0.15, 0.2) is 5.76 Å². The normalized spacial score (nSPS) is 11.6. The smallest absolute Gasteiger partial charge is 0.287 e. The highest BCUT2D eigenvalue weighted by Gasteiger charge is 2.19. The van der Waals surface area contributed by atoms with Crippen LogP contribution in [0.3, 0.4) is 0 Å². The second kappa shape index (κ2) is 8.25. The molecular weight excluding hydrogens is 330 g/mol. The standard InChI is InChI=1S/C21H21NO4/c1-3-25-18-12-8-16(9-13-18)20(15-6-10-17(24-2)11-7-15)22-21(23)19-5-4-14-26-19/h4-14,20H,3H2,1-2H3,(H,22,23)/t20-/m0/s1. The number of nitrogens with one attached hydrogen (secondary N) is 1. The lowest BCUT2D eigenvalue weighted by molar-refractivity contribution is 0.0915. The van der Waals surface area contributed by atoms with E-state index in [1.54, 1.807) is 19.2 Å². The monoisotopic (exact) mass is 351 g/mol. The maximum absolute atomic E-state index is 12.5. The Balaban J connectivity index is 1.90. The van der Waals surface area contributed by atoms with Crippen LogP contribution in [0.5, 0.6) is 11.5 Å². The van der Waals surface area contributed by atoms with Gasteiger partial charge < -0.3 is 19.2 Å². The van der Waals surface area contributed by atoms with Crippen LogP contribution >= 0.6 is 0 Å². The van der Waals surface area contributed by atoms with Gasteiger partial charge in [-0.2, -0.15) is 0 Å². The van der Waals surface area contributed by atoms with Crippen LogP contribution in [0.1, 0.15) is 34.6 Å². The molecule has 5 nitrogen and oxygen atoms in total. The van der Waals surface area contributed by atoms with Gasteiger partial charge in [0.1, 0.15) is 11.5 Å². The number of carbonyl (C=O) groups excluding carboxylic acids is 1. The van der Waals surface area contributed by atoms with Crippen molar-refractivity contribution in [3.63, 3.8) is 0 Å². The summed E-state index contributed by atoms with van der Waals surface area (Å²) in [5.74, 6) is 1.55. The number of rotatable bonds is 7. The van der Waals surface area contributed by atoms with Crippen molar-refractivity contribution in [1.82, 2.24) is 5.32 Å². The molecule has 1 heterocycles. The van der Waals surface area contributed by atoms with Crippen LogP contribution in [0.15, 0.2) is 71.3 Å². The van der Waals surface area contributed by atoms with Gasteiger partial charge in [0.2, 0.25) is 0 Å². The van der Waals surface area contributed by atoms with E-state index in [-0.39, 0.29) is 17.7 Å². The summed E-state index contributed by atoms with van der Waals surface area (Å²) in [7, 11) is 1.62. The maximum atomic E-state index is 12.5. The molecule has 0 aliphatic rings. The first-order chi connectivity index (χ1) is 12.7. The molecule has 3 aromatic rings. The first-order valence-electron chi connectivity index (χ1n) is 8.42. The van der Waals surface area contributed by atoms with Crippen LogP contribution in [0.25, 0.3) is 0 Å². The van der Waals surface area contributed by atoms with Gasteiger partial charge in [-0.25, -0.2) is 0 Å². The number of furan rings is 1. The fourth-order valence-electron chi connectivity index (χ4n) is 2.69. The Hall–Kier alpha value is -3.21. The predicted molar refractivity (Wildman–Crippen MR) is 98.6 cm³/mol. The highest BCUT2D eigenvalue weighted by atomic mass is 16.5. The Morgan fingerprint density at radius 3 is 2.12 bits per heavy atom. The zero-order chi connectivity index (χ0) is 18.4. The minimum atomic E-state index is -0.325. The van der Waals surface area contributed by atoms with E-state index < -0.39 is 0 Å². The number of ether oxygens (including phenoxy) is 2. The predicted octanol–water partition coefficient (Wildman–Crippen LogP) is 4.21. The van der Waals surface area contributed by atoms with Crippen LogP contribution in [-0.4, -0.2) is 19.6 Å². The van der Waals surface area contributed by atoms with Crippen LogP contribution in [0.4, 0.5) is 0 Å². The van der Waals surface area contributed by atoms with Gasteiger partial charge in [-0.3, -0.25) is 4.79 Å². The summed E-state index contributed by atoms with van der Waals surface area (Å²) in [6.45, 7) is 2.55. The van der Waals surface area contributed by atoms with Crippen molar-refractivity contribution in [3.05, 3.63) is 83.8 Å². The zero-order valence-corrected chi connectivity index (χ0v) is 14.8. The molecule has 26 heavy (non-hydrogen) atoms. The molecule has 0 bridgehead atoms. The SMILES string of the molecule is CCOc1ccc([C@@H](NC(=O)c2ccco2)c2ccc(OC)cc2)cc1. The number of hydrogen-bond acceptors (Lipinski definition) is 4. The number of benzene rings is 2. The Morgan fingerprint density at radius 1 is 1.00 bits per heavy atom. The molecule has 0 spiro atoms. The molecule has 1 amide bonds. The van der Waals surface area contributed by atoms with Crippen molar-refractivity contribution in [2.24, 2.45) is 0 Å². The molecule has 0 aliphatic heterocycles. The molecular formula is C21H21NO4. The van der Waals surface area contributed by atoms with Gasteiger partial charge in [-0.15, -0.1) is 0 Å². The molecule has 2 aromatic carbocycles. The molecule has 3 rings (SSSR count). The fourth-order valence-corrected chi connectivity index (χ4v) is 2.69. The van der Waals surface area contributed by atoms with Crippen molar-refractivity contribution in [3.8, 4) is 11.5 Å². The van der Waals surface area contributed by atoms with E-state index in [4.69, 9.17) is 13.9 Å². The highest BCUT2D eigenvalue weighted by molar-refractivity contribution is 5.91. The van der Waals surface area contributed by atoms with Crippen LogP contribution in [0, 0.1) is 0 Å². The van der Waals surface area contributed by atoms with Crippen molar-refractivity contribution >= 4 is 5.91 Å². The minimum absolute atomic E-state index is 0.273. The topological polar surface area (TPSA) is 60.7 Å². The third-order valence-corrected chi connectivity index (χ3v) is 3.99. The Kier molecular flexibility index (Phi) is 5.59. The maximum Gasteiger partial charge on any atom is 0.287 e.